The molecule has 9 heteroatoms. The van der Waals surface area contributed by atoms with E-state index in [1.807, 2.05) is 0 Å². The Morgan fingerprint density at radius 3 is 2.50 bits per heavy atom. The number of aliphatic carboxylic acids is 1. The lowest BCUT2D eigenvalue weighted by molar-refractivity contribution is -0.148. The molecule has 0 bridgehead atoms. The molecule has 2 atom stereocenters. The fourth-order valence-electron chi connectivity index (χ4n) is 1.96. The lowest BCUT2D eigenvalue weighted by Crippen LogP contribution is -2.40. The first-order chi connectivity index (χ1) is 11.3. The number of β-amino-alcohol motifs (C(OH)–C–C–N with tert-alkyl or cyclic N) is 1. The van der Waals surface area contributed by atoms with Crippen molar-refractivity contribution in [2.75, 3.05) is 26.0 Å². The van der Waals surface area contributed by atoms with Gasteiger partial charge >= 0.3 is 5.97 Å². The Morgan fingerprint density at radius 2 is 2.00 bits per heavy atom. The highest BCUT2D eigenvalue weighted by Crippen LogP contribution is 2.25. The molecule has 0 radical (unpaired) electrons. The lowest BCUT2D eigenvalue weighted by Gasteiger charge is -2.21. The predicted octanol–water partition coefficient (Wildman–Crippen LogP) is -0.590. The number of carboxylic acids is 1. The molecular formula is C15H22N2O6S. The zero-order valence-corrected chi connectivity index (χ0v) is 14.5. The Morgan fingerprint density at radius 1 is 1.42 bits per heavy atom. The summed E-state index contributed by atoms with van der Waals surface area (Å²) in [5.74, 6) is -1.75. The van der Waals surface area contributed by atoms with Crippen LogP contribution in [0.5, 0.6) is 0 Å². The maximum atomic E-state index is 11.9. The number of carbonyl (C=O) groups excluding carboxylic acids is 3. The van der Waals surface area contributed by atoms with Crippen molar-refractivity contribution in [3.63, 3.8) is 0 Å². The van der Waals surface area contributed by atoms with Crippen LogP contribution >= 0.6 is 11.8 Å². The molecule has 1 rings (SSSR count). The summed E-state index contributed by atoms with van der Waals surface area (Å²) in [6.07, 6.45) is 8.16. The van der Waals surface area contributed by atoms with Crippen LogP contribution in [0.1, 0.15) is 19.8 Å². The predicted molar refractivity (Wildman–Crippen MR) is 89.0 cm³/mol. The molecule has 0 aliphatic carbocycles. The van der Waals surface area contributed by atoms with Crippen molar-refractivity contribution in [1.82, 2.24) is 9.80 Å². The van der Waals surface area contributed by atoms with Gasteiger partial charge in [-0.15, -0.1) is 24.6 Å². The molecule has 1 unspecified atom stereocenters. The standard InChI is InChI=1S/C13H20N2O6S.C2H2/c1-8(13(20)21)14(2)10(17)3-6-22-9-7-11(18)15(4-5-16)12(9)19;1-2/h8-9,16H,3-7H2,1-2H3,(H,20,21);1-2H/t8-,9?;/m1./s1. The van der Waals surface area contributed by atoms with Gasteiger partial charge in [-0.3, -0.25) is 19.3 Å². The van der Waals surface area contributed by atoms with Crippen molar-refractivity contribution < 1.29 is 29.4 Å². The summed E-state index contributed by atoms with van der Waals surface area (Å²) in [6, 6.07) is -0.910. The Kier molecular flexibility index (Phi) is 9.76. The number of likely N-dealkylation sites (tertiary alicyclic amines) is 1. The number of hydrogen-bond acceptors (Lipinski definition) is 6. The van der Waals surface area contributed by atoms with Gasteiger partial charge in [0.2, 0.25) is 17.7 Å². The smallest absolute Gasteiger partial charge is 0.326 e. The van der Waals surface area contributed by atoms with Gasteiger partial charge in [0, 0.05) is 25.6 Å². The molecule has 1 aliphatic rings. The third-order valence-corrected chi connectivity index (χ3v) is 4.70. The van der Waals surface area contributed by atoms with Gasteiger partial charge in [-0.05, 0) is 6.92 Å². The number of imide groups is 1. The van der Waals surface area contributed by atoms with Gasteiger partial charge in [0.15, 0.2) is 0 Å². The number of thioether (sulfide) groups is 1. The molecule has 0 aromatic carbocycles. The summed E-state index contributed by atoms with van der Waals surface area (Å²) in [6.45, 7) is 1.14. The van der Waals surface area contributed by atoms with Crippen LogP contribution < -0.4 is 0 Å². The maximum absolute atomic E-state index is 11.9. The number of rotatable bonds is 8. The van der Waals surface area contributed by atoms with Gasteiger partial charge in [0.1, 0.15) is 6.04 Å². The van der Waals surface area contributed by atoms with Crippen LogP contribution in [0, 0.1) is 12.8 Å². The second-order valence-corrected chi connectivity index (χ2v) is 6.25. The second kappa shape index (κ2) is 10.7. The van der Waals surface area contributed by atoms with Crippen LogP contribution in [0.15, 0.2) is 0 Å². The molecule has 134 valence electrons. The number of aliphatic hydroxyl groups excluding tert-OH is 1. The highest BCUT2D eigenvalue weighted by Gasteiger charge is 2.38. The minimum absolute atomic E-state index is 0.00742. The van der Waals surface area contributed by atoms with E-state index in [2.05, 4.69) is 12.8 Å². The van der Waals surface area contributed by atoms with E-state index in [0.717, 1.165) is 9.80 Å². The monoisotopic (exact) mass is 358 g/mol. The number of likely N-dealkylation sites (N-methyl/N-ethyl adjacent to an activating group) is 1. The molecule has 0 aromatic heterocycles. The number of amides is 3. The Bertz CT molecular complexity index is 507. The highest BCUT2D eigenvalue weighted by atomic mass is 32.2. The van der Waals surface area contributed by atoms with Crippen LogP contribution in [0.2, 0.25) is 0 Å². The van der Waals surface area contributed by atoms with Crippen molar-refractivity contribution in [3.05, 3.63) is 0 Å². The molecule has 1 aliphatic heterocycles. The summed E-state index contributed by atoms with van der Waals surface area (Å²) in [5.41, 5.74) is 0. The molecule has 1 heterocycles. The molecular weight excluding hydrogens is 336 g/mol. The van der Waals surface area contributed by atoms with E-state index in [1.54, 1.807) is 0 Å². The summed E-state index contributed by atoms with van der Waals surface area (Å²) in [4.78, 5) is 48.3. The van der Waals surface area contributed by atoms with Crippen molar-refractivity contribution in [2.45, 2.75) is 31.1 Å². The van der Waals surface area contributed by atoms with Crippen molar-refractivity contribution >= 4 is 35.5 Å². The number of hydrogen-bond donors (Lipinski definition) is 2. The number of aliphatic hydroxyl groups is 1. The first-order valence-corrected chi connectivity index (χ1v) is 8.23. The minimum atomic E-state index is -1.08. The average Bonchev–Trinajstić information content (AvgIpc) is 2.83. The van der Waals surface area contributed by atoms with Crippen molar-refractivity contribution in [2.24, 2.45) is 0 Å². The lowest BCUT2D eigenvalue weighted by atomic mass is 10.3. The number of carboxylic acid groups (broad SMARTS) is 1. The van der Waals surface area contributed by atoms with E-state index in [1.165, 1.54) is 25.7 Å². The minimum Gasteiger partial charge on any atom is -0.480 e. The quantitative estimate of drug-likeness (QED) is 0.440. The molecule has 3 amide bonds. The van der Waals surface area contributed by atoms with E-state index in [4.69, 9.17) is 10.2 Å². The number of terminal acetylenes is 1. The Hall–Kier alpha value is -2.05. The fraction of sp³-hybridized carbons (Fsp3) is 0.600. The van der Waals surface area contributed by atoms with Gasteiger partial charge in [-0.25, -0.2) is 4.79 Å². The first kappa shape index (κ1) is 21.9. The topological polar surface area (TPSA) is 115 Å². The van der Waals surface area contributed by atoms with Gasteiger partial charge < -0.3 is 15.1 Å². The van der Waals surface area contributed by atoms with Crippen LogP contribution in [0.25, 0.3) is 0 Å². The van der Waals surface area contributed by atoms with Crippen molar-refractivity contribution in [3.8, 4) is 12.8 Å². The molecule has 0 saturated carbocycles. The number of carbonyl (C=O) groups is 4. The van der Waals surface area contributed by atoms with E-state index in [0.29, 0.717) is 5.75 Å². The molecule has 24 heavy (non-hydrogen) atoms. The summed E-state index contributed by atoms with van der Waals surface area (Å²) in [7, 11) is 1.42. The van der Waals surface area contributed by atoms with E-state index in [-0.39, 0.29) is 43.7 Å². The van der Waals surface area contributed by atoms with Crippen LogP contribution in [0.4, 0.5) is 0 Å². The largest absolute Gasteiger partial charge is 0.480 e. The van der Waals surface area contributed by atoms with E-state index in [9.17, 15) is 19.2 Å². The summed E-state index contributed by atoms with van der Waals surface area (Å²) in [5, 5.41) is 17.1. The molecule has 1 fully saturated rings. The Labute approximate surface area is 145 Å². The molecule has 2 N–H and O–H groups in total. The third kappa shape index (κ3) is 5.86. The number of nitrogens with zero attached hydrogens (tertiary/aromatic N) is 2. The fourth-order valence-corrected chi connectivity index (χ4v) is 3.07. The molecule has 0 aromatic rings. The molecule has 1 saturated heterocycles. The van der Waals surface area contributed by atoms with Gasteiger partial charge in [-0.1, -0.05) is 0 Å². The zero-order chi connectivity index (χ0) is 18.9. The average molecular weight is 358 g/mol. The molecule has 8 nitrogen and oxygen atoms in total. The van der Waals surface area contributed by atoms with Crippen molar-refractivity contribution in [1.29, 1.82) is 0 Å². The highest BCUT2D eigenvalue weighted by molar-refractivity contribution is 8.00. The maximum Gasteiger partial charge on any atom is 0.326 e. The van der Waals surface area contributed by atoms with Gasteiger partial charge in [-0.2, -0.15) is 0 Å². The Balaban J connectivity index is 0.00000254. The second-order valence-electron chi connectivity index (χ2n) is 4.94. The normalized spacial score (nSPS) is 17.9. The van der Waals surface area contributed by atoms with Crippen LogP contribution in [0.3, 0.4) is 0 Å². The summed E-state index contributed by atoms with van der Waals surface area (Å²) < 4.78 is 0. The van der Waals surface area contributed by atoms with E-state index < -0.39 is 17.3 Å². The zero-order valence-electron chi connectivity index (χ0n) is 13.7. The van der Waals surface area contributed by atoms with E-state index >= 15 is 0 Å². The van der Waals surface area contributed by atoms with Crippen LogP contribution in [-0.4, -0.2) is 80.9 Å². The third-order valence-electron chi connectivity index (χ3n) is 3.49. The van der Waals surface area contributed by atoms with Gasteiger partial charge in [0.25, 0.3) is 0 Å². The summed E-state index contributed by atoms with van der Waals surface area (Å²) >= 11 is 1.20. The van der Waals surface area contributed by atoms with Crippen LogP contribution in [-0.2, 0) is 19.2 Å². The molecule has 0 spiro atoms. The first-order valence-electron chi connectivity index (χ1n) is 7.18. The van der Waals surface area contributed by atoms with Gasteiger partial charge in [0.05, 0.1) is 18.4 Å². The SMILES string of the molecule is C#C.C[C@H](C(=O)O)N(C)C(=O)CCSC1CC(=O)N(CCO)C1=O.